The van der Waals surface area contributed by atoms with Crippen molar-refractivity contribution in [3.63, 3.8) is 0 Å². The van der Waals surface area contributed by atoms with E-state index in [0.717, 1.165) is 19.8 Å². The summed E-state index contributed by atoms with van der Waals surface area (Å²) >= 11 is 0. The van der Waals surface area contributed by atoms with Crippen LogP contribution in [0.5, 0.6) is 0 Å². The van der Waals surface area contributed by atoms with Gasteiger partial charge in [-0.1, -0.05) is 0 Å². The summed E-state index contributed by atoms with van der Waals surface area (Å²) in [5.41, 5.74) is 0. The van der Waals surface area contributed by atoms with Crippen LogP contribution in [0.15, 0.2) is 0 Å². The summed E-state index contributed by atoms with van der Waals surface area (Å²) in [6.07, 6.45) is 2.41. The zero-order valence-electron chi connectivity index (χ0n) is 7.41. The van der Waals surface area contributed by atoms with Gasteiger partial charge in [-0.3, -0.25) is 4.90 Å². The lowest BCUT2D eigenvalue weighted by atomic mass is 9.89. The highest BCUT2D eigenvalue weighted by Crippen LogP contribution is 2.25. The molecular weight excluding hydrogens is 154 g/mol. The molecule has 1 N–H and O–H groups in total. The molecule has 0 aliphatic carbocycles. The molecule has 12 heavy (non-hydrogen) atoms. The van der Waals surface area contributed by atoms with E-state index in [9.17, 15) is 0 Å². The van der Waals surface area contributed by atoms with Gasteiger partial charge >= 0.3 is 0 Å². The van der Waals surface area contributed by atoms with Crippen molar-refractivity contribution >= 4 is 0 Å². The fraction of sp³-hybridized carbons (Fsp3) is 1.00. The first-order valence-electron chi connectivity index (χ1n) is 4.84. The minimum atomic E-state index is 0.324. The molecule has 0 bridgehead atoms. The first kappa shape index (κ1) is 8.48. The molecule has 2 rings (SSSR count). The van der Waals surface area contributed by atoms with Gasteiger partial charge in [-0.25, -0.2) is 0 Å². The second kappa shape index (κ2) is 3.73. The molecular formula is C9H17NO2. The standard InChI is InChI=1S/C9H17NO2/c11-6-8-2-1-3-10-4-5-12-7-9(8)10/h8-9,11H,1-7H2/t8-,9?/m0/s1. The summed E-state index contributed by atoms with van der Waals surface area (Å²) in [6.45, 7) is 4.27. The Labute approximate surface area is 73.3 Å². The van der Waals surface area contributed by atoms with E-state index in [1.807, 2.05) is 0 Å². The number of rotatable bonds is 1. The summed E-state index contributed by atoms with van der Waals surface area (Å²) in [4.78, 5) is 2.47. The molecule has 0 spiro atoms. The number of morpholine rings is 1. The fourth-order valence-electron chi connectivity index (χ4n) is 2.33. The molecule has 0 aromatic carbocycles. The average molecular weight is 171 g/mol. The van der Waals surface area contributed by atoms with Crippen LogP contribution in [0.3, 0.4) is 0 Å². The maximum Gasteiger partial charge on any atom is 0.0626 e. The van der Waals surface area contributed by atoms with E-state index in [4.69, 9.17) is 9.84 Å². The molecule has 2 atom stereocenters. The highest BCUT2D eigenvalue weighted by Gasteiger charge is 2.32. The van der Waals surface area contributed by atoms with Crippen LogP contribution in [0.4, 0.5) is 0 Å². The molecule has 2 saturated heterocycles. The summed E-state index contributed by atoms with van der Waals surface area (Å²) < 4.78 is 5.42. The first-order valence-corrected chi connectivity index (χ1v) is 4.84. The molecule has 70 valence electrons. The van der Waals surface area contributed by atoms with Crippen molar-refractivity contribution < 1.29 is 9.84 Å². The molecule has 3 nitrogen and oxygen atoms in total. The number of piperidine rings is 1. The van der Waals surface area contributed by atoms with Crippen molar-refractivity contribution in [3.8, 4) is 0 Å². The van der Waals surface area contributed by atoms with Gasteiger partial charge in [0.15, 0.2) is 0 Å². The summed E-state index contributed by atoms with van der Waals surface area (Å²) in [7, 11) is 0. The Morgan fingerprint density at radius 3 is 3.17 bits per heavy atom. The van der Waals surface area contributed by atoms with Crippen molar-refractivity contribution in [1.82, 2.24) is 4.90 Å². The predicted octanol–water partition coefficient (Wildman–Crippen LogP) is 0.0895. The van der Waals surface area contributed by atoms with E-state index in [1.54, 1.807) is 0 Å². The third-order valence-electron chi connectivity index (χ3n) is 3.08. The SMILES string of the molecule is OC[C@@H]1CCCN2CCOCC12. The van der Waals surface area contributed by atoms with Gasteiger partial charge in [0, 0.05) is 19.2 Å². The lowest BCUT2D eigenvalue weighted by Gasteiger charge is -2.43. The van der Waals surface area contributed by atoms with Crippen molar-refractivity contribution in [2.24, 2.45) is 5.92 Å². The molecule has 0 saturated carbocycles. The van der Waals surface area contributed by atoms with E-state index >= 15 is 0 Å². The number of aliphatic hydroxyl groups excluding tert-OH is 1. The van der Waals surface area contributed by atoms with Crippen LogP contribution in [-0.4, -0.2) is 49.0 Å². The number of aliphatic hydroxyl groups is 1. The van der Waals surface area contributed by atoms with Gasteiger partial charge in [0.2, 0.25) is 0 Å². The molecule has 2 fully saturated rings. The van der Waals surface area contributed by atoms with Gasteiger partial charge in [0.1, 0.15) is 0 Å². The third kappa shape index (κ3) is 1.49. The summed E-state index contributed by atoms with van der Waals surface area (Å²) in [5, 5.41) is 9.15. The Kier molecular flexibility index (Phi) is 2.63. The van der Waals surface area contributed by atoms with E-state index in [1.165, 1.54) is 19.4 Å². The van der Waals surface area contributed by atoms with Crippen LogP contribution in [0.1, 0.15) is 12.8 Å². The average Bonchev–Trinajstić information content (AvgIpc) is 2.17. The number of nitrogens with zero attached hydrogens (tertiary/aromatic N) is 1. The molecule has 2 heterocycles. The van der Waals surface area contributed by atoms with Crippen LogP contribution >= 0.6 is 0 Å². The van der Waals surface area contributed by atoms with Gasteiger partial charge in [-0.05, 0) is 25.3 Å². The Balaban J connectivity index is 1.99. The maximum atomic E-state index is 9.15. The monoisotopic (exact) mass is 171 g/mol. The zero-order chi connectivity index (χ0) is 8.39. The fourth-order valence-corrected chi connectivity index (χ4v) is 2.33. The third-order valence-corrected chi connectivity index (χ3v) is 3.08. The smallest absolute Gasteiger partial charge is 0.0626 e. The van der Waals surface area contributed by atoms with Crippen LogP contribution < -0.4 is 0 Å². The van der Waals surface area contributed by atoms with E-state index in [2.05, 4.69) is 4.90 Å². The van der Waals surface area contributed by atoms with E-state index < -0.39 is 0 Å². The Hall–Kier alpha value is -0.120. The minimum Gasteiger partial charge on any atom is -0.396 e. The lowest BCUT2D eigenvalue weighted by Crippen LogP contribution is -2.53. The molecule has 0 radical (unpaired) electrons. The summed E-state index contributed by atoms with van der Waals surface area (Å²) in [6, 6.07) is 0.498. The molecule has 1 unspecified atom stereocenters. The molecule has 0 amide bonds. The van der Waals surface area contributed by atoms with Crippen LogP contribution in [0.2, 0.25) is 0 Å². The zero-order valence-corrected chi connectivity index (χ0v) is 7.41. The topological polar surface area (TPSA) is 32.7 Å². The molecule has 2 aliphatic rings. The first-order chi connectivity index (χ1) is 5.92. The quantitative estimate of drug-likeness (QED) is 0.607. The largest absolute Gasteiger partial charge is 0.396 e. The van der Waals surface area contributed by atoms with Crippen LogP contribution in [0, 0.1) is 5.92 Å². The van der Waals surface area contributed by atoms with Crippen molar-refractivity contribution in [3.05, 3.63) is 0 Å². The van der Waals surface area contributed by atoms with Gasteiger partial charge in [0.05, 0.1) is 13.2 Å². The molecule has 3 heteroatoms. The second-order valence-corrected chi connectivity index (χ2v) is 3.76. The highest BCUT2D eigenvalue weighted by atomic mass is 16.5. The van der Waals surface area contributed by atoms with Gasteiger partial charge in [-0.2, -0.15) is 0 Å². The number of hydrogen-bond donors (Lipinski definition) is 1. The van der Waals surface area contributed by atoms with Gasteiger partial charge < -0.3 is 9.84 Å². The Bertz CT molecular complexity index is 143. The van der Waals surface area contributed by atoms with Crippen molar-refractivity contribution in [2.45, 2.75) is 18.9 Å². The summed E-state index contributed by atoms with van der Waals surface area (Å²) in [5.74, 6) is 0.457. The number of hydrogen-bond acceptors (Lipinski definition) is 3. The Morgan fingerprint density at radius 2 is 2.33 bits per heavy atom. The predicted molar refractivity (Wildman–Crippen MR) is 46.0 cm³/mol. The van der Waals surface area contributed by atoms with Gasteiger partial charge in [-0.15, -0.1) is 0 Å². The van der Waals surface area contributed by atoms with E-state index in [-0.39, 0.29) is 0 Å². The van der Waals surface area contributed by atoms with Crippen LogP contribution in [-0.2, 0) is 4.74 Å². The molecule has 0 aromatic rings. The van der Waals surface area contributed by atoms with Crippen LogP contribution in [0.25, 0.3) is 0 Å². The van der Waals surface area contributed by atoms with Gasteiger partial charge in [0.25, 0.3) is 0 Å². The van der Waals surface area contributed by atoms with Crippen molar-refractivity contribution in [2.75, 3.05) is 32.9 Å². The normalized spacial score (nSPS) is 37.8. The number of ether oxygens (including phenoxy) is 1. The maximum absolute atomic E-state index is 9.15. The van der Waals surface area contributed by atoms with E-state index in [0.29, 0.717) is 18.6 Å². The number of fused-ring (bicyclic) bond motifs is 1. The molecule has 2 aliphatic heterocycles. The Morgan fingerprint density at radius 1 is 1.42 bits per heavy atom. The minimum absolute atomic E-state index is 0.324. The lowest BCUT2D eigenvalue weighted by molar-refractivity contribution is -0.0584. The van der Waals surface area contributed by atoms with Crippen molar-refractivity contribution in [1.29, 1.82) is 0 Å². The molecule has 0 aromatic heterocycles. The second-order valence-electron chi connectivity index (χ2n) is 3.76. The highest BCUT2D eigenvalue weighted by molar-refractivity contribution is 4.85.